The molecule has 1 fully saturated rings. The molecular formula is C16H12ClFN2O3. The lowest BCUT2D eigenvalue weighted by atomic mass is 10.2. The SMILES string of the molecule is O=C1C[C@H](N(O)c2ccc(Cl)cc2)C(=O)N1c1ccc(F)cc1. The third-order valence-electron chi connectivity index (χ3n) is 3.59. The molecule has 0 aromatic heterocycles. The molecule has 3 rings (SSSR count). The van der Waals surface area contributed by atoms with Gasteiger partial charge in [-0.3, -0.25) is 14.8 Å². The van der Waals surface area contributed by atoms with Crippen LogP contribution < -0.4 is 9.96 Å². The first-order valence-electron chi connectivity index (χ1n) is 6.83. The molecule has 2 aromatic rings. The van der Waals surface area contributed by atoms with Crippen molar-refractivity contribution in [3.8, 4) is 0 Å². The van der Waals surface area contributed by atoms with Gasteiger partial charge in [0, 0.05) is 5.02 Å². The molecule has 1 aliphatic heterocycles. The summed E-state index contributed by atoms with van der Waals surface area (Å²) in [6, 6.07) is 10.2. The minimum Gasteiger partial charge on any atom is -0.288 e. The first-order chi connectivity index (χ1) is 11.0. The van der Waals surface area contributed by atoms with E-state index in [4.69, 9.17) is 11.6 Å². The molecule has 2 aromatic carbocycles. The molecule has 0 bridgehead atoms. The largest absolute Gasteiger partial charge is 0.288 e. The zero-order valence-electron chi connectivity index (χ0n) is 11.8. The van der Waals surface area contributed by atoms with Crippen LogP contribution in [0.4, 0.5) is 15.8 Å². The number of halogens is 2. The van der Waals surface area contributed by atoms with Crippen molar-refractivity contribution in [1.82, 2.24) is 0 Å². The van der Waals surface area contributed by atoms with Gasteiger partial charge in [-0.15, -0.1) is 0 Å². The van der Waals surface area contributed by atoms with Crippen molar-refractivity contribution in [2.24, 2.45) is 0 Å². The molecule has 0 aliphatic carbocycles. The van der Waals surface area contributed by atoms with E-state index in [0.717, 1.165) is 9.96 Å². The van der Waals surface area contributed by atoms with Crippen LogP contribution in [0.25, 0.3) is 0 Å². The second kappa shape index (κ2) is 5.98. The maximum absolute atomic E-state index is 13.0. The minimum absolute atomic E-state index is 0.171. The summed E-state index contributed by atoms with van der Waals surface area (Å²) in [5.74, 6) is -1.49. The number of hydroxylamine groups is 1. The average molecular weight is 335 g/mol. The molecule has 118 valence electrons. The lowest BCUT2D eigenvalue weighted by Gasteiger charge is -2.22. The van der Waals surface area contributed by atoms with Gasteiger partial charge in [-0.05, 0) is 48.5 Å². The molecule has 0 radical (unpaired) electrons. The summed E-state index contributed by atoms with van der Waals surface area (Å²) in [5.41, 5.74) is 0.620. The molecule has 2 amide bonds. The van der Waals surface area contributed by atoms with Crippen molar-refractivity contribution < 1.29 is 19.2 Å². The summed E-state index contributed by atoms with van der Waals surface area (Å²) in [5, 5.41) is 11.5. The van der Waals surface area contributed by atoms with Gasteiger partial charge < -0.3 is 0 Å². The number of rotatable bonds is 3. The zero-order chi connectivity index (χ0) is 16.6. The lowest BCUT2D eigenvalue weighted by Crippen LogP contribution is -2.40. The van der Waals surface area contributed by atoms with Gasteiger partial charge in [0.1, 0.15) is 11.9 Å². The van der Waals surface area contributed by atoms with Gasteiger partial charge in [-0.2, -0.15) is 0 Å². The van der Waals surface area contributed by atoms with Crippen molar-refractivity contribution in [3.63, 3.8) is 0 Å². The number of hydrogen-bond donors (Lipinski definition) is 1. The van der Waals surface area contributed by atoms with Crippen LogP contribution in [0.3, 0.4) is 0 Å². The van der Waals surface area contributed by atoms with Crippen LogP contribution in [-0.2, 0) is 9.59 Å². The molecule has 1 N–H and O–H groups in total. The predicted molar refractivity (Wildman–Crippen MR) is 83.0 cm³/mol. The van der Waals surface area contributed by atoms with Crippen LogP contribution in [-0.4, -0.2) is 23.1 Å². The number of anilines is 2. The van der Waals surface area contributed by atoms with Crippen LogP contribution >= 0.6 is 11.6 Å². The average Bonchev–Trinajstić information content (AvgIpc) is 2.83. The molecule has 5 nitrogen and oxygen atoms in total. The van der Waals surface area contributed by atoms with Crippen LogP contribution in [0.1, 0.15) is 6.42 Å². The Hall–Kier alpha value is -2.44. The fourth-order valence-electron chi connectivity index (χ4n) is 2.44. The van der Waals surface area contributed by atoms with Crippen LogP contribution in [0.2, 0.25) is 5.02 Å². The van der Waals surface area contributed by atoms with Gasteiger partial charge in [0.15, 0.2) is 0 Å². The molecule has 1 aliphatic rings. The Bertz CT molecular complexity index is 749. The van der Waals surface area contributed by atoms with Crippen molar-refractivity contribution in [2.45, 2.75) is 12.5 Å². The Morgan fingerprint density at radius 3 is 2.30 bits per heavy atom. The number of imide groups is 1. The Morgan fingerprint density at radius 1 is 1.09 bits per heavy atom. The maximum atomic E-state index is 13.0. The van der Waals surface area contributed by atoms with E-state index in [9.17, 15) is 19.2 Å². The van der Waals surface area contributed by atoms with E-state index in [1.807, 2.05) is 0 Å². The number of hydrogen-bond acceptors (Lipinski definition) is 4. The van der Waals surface area contributed by atoms with Gasteiger partial charge in [-0.25, -0.2) is 14.4 Å². The molecule has 1 heterocycles. The monoisotopic (exact) mass is 334 g/mol. The van der Waals surface area contributed by atoms with E-state index in [-0.39, 0.29) is 12.1 Å². The summed E-state index contributed by atoms with van der Waals surface area (Å²) in [7, 11) is 0. The highest BCUT2D eigenvalue weighted by Gasteiger charge is 2.43. The Morgan fingerprint density at radius 2 is 1.70 bits per heavy atom. The normalized spacial score (nSPS) is 17.7. The fourth-order valence-corrected chi connectivity index (χ4v) is 2.57. The van der Waals surface area contributed by atoms with E-state index < -0.39 is 23.7 Å². The minimum atomic E-state index is -1.03. The summed E-state index contributed by atoms with van der Waals surface area (Å²) in [6.07, 6.45) is -0.171. The standard InChI is InChI=1S/C16H12ClFN2O3/c17-10-1-5-13(6-2-10)20(23)14-9-15(21)19(16(14)22)12-7-3-11(18)4-8-12/h1-8,14,23H,9H2/t14-/m0/s1. The van der Waals surface area contributed by atoms with Gasteiger partial charge in [0.2, 0.25) is 5.91 Å². The highest BCUT2D eigenvalue weighted by Crippen LogP contribution is 2.28. The molecule has 1 saturated heterocycles. The first-order valence-corrected chi connectivity index (χ1v) is 7.21. The van der Waals surface area contributed by atoms with Crippen molar-refractivity contribution in [1.29, 1.82) is 0 Å². The highest BCUT2D eigenvalue weighted by molar-refractivity contribution is 6.30. The predicted octanol–water partition coefficient (Wildman–Crippen LogP) is 3.01. The number of amides is 2. The smallest absolute Gasteiger partial charge is 0.259 e. The topological polar surface area (TPSA) is 60.9 Å². The molecule has 0 unspecified atom stereocenters. The van der Waals surface area contributed by atoms with Crippen LogP contribution in [0, 0.1) is 5.82 Å². The quantitative estimate of drug-likeness (QED) is 0.692. The van der Waals surface area contributed by atoms with Gasteiger partial charge in [-0.1, -0.05) is 11.6 Å². The molecule has 1 atom stereocenters. The summed E-state index contributed by atoms with van der Waals surface area (Å²) < 4.78 is 13.0. The van der Waals surface area contributed by atoms with Gasteiger partial charge in [0.05, 0.1) is 17.8 Å². The fraction of sp³-hybridized carbons (Fsp3) is 0.125. The molecule has 0 saturated carbocycles. The Labute approximate surface area is 136 Å². The van der Waals surface area contributed by atoms with Crippen molar-refractivity contribution >= 4 is 34.8 Å². The third kappa shape index (κ3) is 2.91. The van der Waals surface area contributed by atoms with Crippen LogP contribution in [0.5, 0.6) is 0 Å². The zero-order valence-corrected chi connectivity index (χ0v) is 12.6. The maximum Gasteiger partial charge on any atom is 0.259 e. The third-order valence-corrected chi connectivity index (χ3v) is 3.85. The second-order valence-corrected chi connectivity index (χ2v) is 5.52. The number of carbonyl (C=O) groups excluding carboxylic acids is 2. The molecular weight excluding hydrogens is 323 g/mol. The van der Waals surface area contributed by atoms with E-state index in [0.29, 0.717) is 10.7 Å². The van der Waals surface area contributed by atoms with Crippen molar-refractivity contribution in [2.75, 3.05) is 9.96 Å². The first kappa shape index (κ1) is 15.5. The Kier molecular flexibility index (Phi) is 4.02. The van der Waals surface area contributed by atoms with E-state index >= 15 is 0 Å². The van der Waals surface area contributed by atoms with Crippen molar-refractivity contribution in [3.05, 3.63) is 59.4 Å². The van der Waals surface area contributed by atoms with Gasteiger partial charge >= 0.3 is 0 Å². The number of benzene rings is 2. The second-order valence-electron chi connectivity index (χ2n) is 5.08. The number of nitrogens with zero attached hydrogens (tertiary/aromatic N) is 2. The van der Waals surface area contributed by atoms with E-state index in [2.05, 4.69) is 0 Å². The summed E-state index contributed by atoms with van der Waals surface area (Å²) in [6.45, 7) is 0. The van der Waals surface area contributed by atoms with Crippen LogP contribution in [0.15, 0.2) is 48.5 Å². The molecule has 0 spiro atoms. The summed E-state index contributed by atoms with van der Waals surface area (Å²) in [4.78, 5) is 25.5. The highest BCUT2D eigenvalue weighted by atomic mass is 35.5. The summed E-state index contributed by atoms with van der Waals surface area (Å²) >= 11 is 5.78. The Balaban J connectivity index is 1.85. The number of carbonyl (C=O) groups is 2. The lowest BCUT2D eigenvalue weighted by molar-refractivity contribution is -0.121. The van der Waals surface area contributed by atoms with E-state index in [1.165, 1.54) is 24.3 Å². The van der Waals surface area contributed by atoms with Gasteiger partial charge in [0.25, 0.3) is 5.91 Å². The molecule has 23 heavy (non-hydrogen) atoms. The van der Waals surface area contributed by atoms with E-state index in [1.54, 1.807) is 24.3 Å². The molecule has 7 heteroatoms.